The SMILES string of the molecule is Cc1ccc([C@H](CCO)NC(=O)C2(N)CCN(c3ncnc(N)c3C#N)CC2)cc1. The molecule has 1 fully saturated rings. The Hall–Kier alpha value is -3.22. The van der Waals surface area contributed by atoms with Crippen LogP contribution in [-0.2, 0) is 4.79 Å². The van der Waals surface area contributed by atoms with E-state index in [-0.39, 0.29) is 29.9 Å². The van der Waals surface area contributed by atoms with E-state index in [1.165, 1.54) is 6.33 Å². The van der Waals surface area contributed by atoms with Crippen molar-refractivity contribution in [1.82, 2.24) is 15.3 Å². The molecular formula is C21H27N7O2. The molecule has 30 heavy (non-hydrogen) atoms. The molecule has 9 heteroatoms. The summed E-state index contributed by atoms with van der Waals surface area (Å²) in [7, 11) is 0. The minimum absolute atomic E-state index is 0.0454. The minimum Gasteiger partial charge on any atom is -0.396 e. The third-order valence-electron chi connectivity index (χ3n) is 5.58. The molecule has 0 bridgehead atoms. The Balaban J connectivity index is 1.69. The van der Waals surface area contributed by atoms with E-state index in [1.807, 2.05) is 42.2 Å². The summed E-state index contributed by atoms with van der Waals surface area (Å²) in [6, 6.07) is 9.58. The van der Waals surface area contributed by atoms with E-state index in [2.05, 4.69) is 15.3 Å². The van der Waals surface area contributed by atoms with Gasteiger partial charge in [0, 0.05) is 19.7 Å². The number of carbonyl (C=O) groups excluding carboxylic acids is 1. The lowest BCUT2D eigenvalue weighted by Gasteiger charge is -2.39. The standard InChI is InChI=1S/C21H27N7O2/c1-14-2-4-15(5-3-14)17(6-11-29)27-20(30)21(24)7-9-28(10-8-21)19-16(12-22)18(23)25-13-26-19/h2-5,13,17,29H,6-11,24H2,1H3,(H,27,30)(H2,23,25,26)/t17-/m0/s1. The smallest absolute Gasteiger partial charge is 0.240 e. The zero-order valence-electron chi connectivity index (χ0n) is 17.0. The summed E-state index contributed by atoms with van der Waals surface area (Å²) in [5.41, 5.74) is 13.5. The first-order chi connectivity index (χ1) is 14.4. The lowest BCUT2D eigenvalue weighted by Crippen LogP contribution is -2.60. The highest BCUT2D eigenvalue weighted by Crippen LogP contribution is 2.28. The summed E-state index contributed by atoms with van der Waals surface area (Å²) in [5, 5.41) is 21.8. The second-order valence-electron chi connectivity index (χ2n) is 7.66. The van der Waals surface area contributed by atoms with Crippen molar-refractivity contribution in [2.75, 3.05) is 30.3 Å². The zero-order valence-corrected chi connectivity index (χ0v) is 17.0. The molecule has 6 N–H and O–H groups in total. The monoisotopic (exact) mass is 409 g/mol. The number of aromatic nitrogens is 2. The van der Waals surface area contributed by atoms with Crippen LogP contribution in [0.4, 0.5) is 11.6 Å². The molecule has 1 saturated heterocycles. The molecule has 1 aliphatic rings. The van der Waals surface area contributed by atoms with E-state index in [4.69, 9.17) is 11.5 Å². The van der Waals surface area contributed by atoms with Gasteiger partial charge in [0.2, 0.25) is 5.91 Å². The molecule has 1 aromatic heterocycles. The number of benzene rings is 1. The fraction of sp³-hybridized carbons (Fsp3) is 0.429. The Kier molecular flexibility index (Phi) is 6.50. The Labute approximate surface area is 175 Å². The second-order valence-corrected chi connectivity index (χ2v) is 7.66. The van der Waals surface area contributed by atoms with Gasteiger partial charge < -0.3 is 26.8 Å². The van der Waals surface area contributed by atoms with Crippen LogP contribution >= 0.6 is 0 Å². The Morgan fingerprint density at radius 1 is 1.33 bits per heavy atom. The van der Waals surface area contributed by atoms with Crippen LogP contribution in [0, 0.1) is 18.3 Å². The van der Waals surface area contributed by atoms with Crippen molar-refractivity contribution in [2.24, 2.45) is 5.73 Å². The number of nitrogens with two attached hydrogens (primary N) is 2. The van der Waals surface area contributed by atoms with Gasteiger partial charge in [-0.25, -0.2) is 9.97 Å². The number of amides is 1. The second kappa shape index (κ2) is 9.07. The van der Waals surface area contributed by atoms with Crippen LogP contribution in [0.3, 0.4) is 0 Å². The molecule has 2 heterocycles. The molecule has 1 aromatic carbocycles. The predicted molar refractivity (Wildman–Crippen MR) is 113 cm³/mol. The number of hydrogen-bond acceptors (Lipinski definition) is 8. The van der Waals surface area contributed by atoms with Gasteiger partial charge in [-0.1, -0.05) is 29.8 Å². The highest BCUT2D eigenvalue weighted by atomic mass is 16.3. The minimum atomic E-state index is -1.04. The van der Waals surface area contributed by atoms with Gasteiger partial charge >= 0.3 is 0 Å². The molecule has 1 aliphatic heterocycles. The van der Waals surface area contributed by atoms with Crippen molar-refractivity contribution in [3.8, 4) is 6.07 Å². The summed E-state index contributed by atoms with van der Waals surface area (Å²) < 4.78 is 0. The molecule has 0 saturated carbocycles. The van der Waals surface area contributed by atoms with E-state index < -0.39 is 5.54 Å². The molecule has 0 unspecified atom stereocenters. The van der Waals surface area contributed by atoms with Gasteiger partial charge in [0.05, 0.1) is 11.6 Å². The number of aliphatic hydroxyl groups is 1. The highest BCUT2D eigenvalue weighted by molar-refractivity contribution is 5.87. The van der Waals surface area contributed by atoms with Gasteiger partial charge in [0.1, 0.15) is 23.8 Å². The molecular weight excluding hydrogens is 382 g/mol. The van der Waals surface area contributed by atoms with Crippen molar-refractivity contribution < 1.29 is 9.90 Å². The van der Waals surface area contributed by atoms with E-state index in [0.717, 1.165) is 11.1 Å². The number of aryl methyl sites for hydroxylation is 1. The van der Waals surface area contributed by atoms with E-state index in [9.17, 15) is 15.2 Å². The number of anilines is 2. The van der Waals surface area contributed by atoms with Crippen LogP contribution in [-0.4, -0.2) is 46.2 Å². The summed E-state index contributed by atoms with van der Waals surface area (Å²) >= 11 is 0. The van der Waals surface area contributed by atoms with Gasteiger partial charge in [0.15, 0.2) is 5.82 Å². The van der Waals surface area contributed by atoms with Crippen LogP contribution in [0.5, 0.6) is 0 Å². The van der Waals surface area contributed by atoms with Gasteiger partial charge in [-0.3, -0.25) is 4.79 Å². The van der Waals surface area contributed by atoms with Gasteiger partial charge in [-0.15, -0.1) is 0 Å². The fourth-order valence-electron chi connectivity index (χ4n) is 3.63. The number of nitrogens with one attached hydrogen (secondary N) is 1. The first-order valence-corrected chi connectivity index (χ1v) is 9.91. The van der Waals surface area contributed by atoms with Crippen molar-refractivity contribution in [3.05, 3.63) is 47.3 Å². The topological polar surface area (TPSA) is 154 Å². The van der Waals surface area contributed by atoms with Crippen LogP contribution in [0.15, 0.2) is 30.6 Å². The maximum Gasteiger partial charge on any atom is 0.240 e. The first-order valence-electron chi connectivity index (χ1n) is 9.91. The quantitative estimate of drug-likeness (QED) is 0.545. The molecule has 3 rings (SSSR count). The van der Waals surface area contributed by atoms with Crippen LogP contribution in [0.1, 0.15) is 42.0 Å². The number of carbonyl (C=O) groups is 1. The zero-order chi connectivity index (χ0) is 21.7. The van der Waals surface area contributed by atoms with E-state index in [1.54, 1.807) is 0 Å². The number of nitriles is 1. The Morgan fingerprint density at radius 2 is 2.00 bits per heavy atom. The average molecular weight is 409 g/mol. The molecule has 158 valence electrons. The number of rotatable bonds is 6. The molecule has 1 atom stereocenters. The van der Waals surface area contributed by atoms with E-state index in [0.29, 0.717) is 38.2 Å². The Bertz CT molecular complexity index is 931. The number of piperidine rings is 1. The summed E-state index contributed by atoms with van der Waals surface area (Å²) in [5.74, 6) is 0.351. The van der Waals surface area contributed by atoms with Crippen molar-refractivity contribution in [3.63, 3.8) is 0 Å². The largest absolute Gasteiger partial charge is 0.396 e. The average Bonchev–Trinajstić information content (AvgIpc) is 2.74. The molecule has 2 aromatic rings. The normalized spacial score (nSPS) is 16.5. The van der Waals surface area contributed by atoms with Crippen LogP contribution in [0.25, 0.3) is 0 Å². The summed E-state index contributed by atoms with van der Waals surface area (Å²) in [6.45, 7) is 2.87. The van der Waals surface area contributed by atoms with Crippen molar-refractivity contribution in [2.45, 2.75) is 37.8 Å². The fourth-order valence-corrected chi connectivity index (χ4v) is 3.63. The third-order valence-corrected chi connectivity index (χ3v) is 5.58. The van der Waals surface area contributed by atoms with Gasteiger partial charge in [0.25, 0.3) is 0 Å². The number of nitrogens with zero attached hydrogens (tertiary/aromatic N) is 4. The number of aliphatic hydroxyl groups excluding tert-OH is 1. The van der Waals surface area contributed by atoms with Crippen LogP contribution < -0.4 is 21.7 Å². The summed E-state index contributed by atoms with van der Waals surface area (Å²) in [4.78, 5) is 23.0. The number of nitrogen functional groups attached to an aromatic ring is 1. The van der Waals surface area contributed by atoms with Gasteiger partial charge in [-0.2, -0.15) is 5.26 Å². The maximum atomic E-state index is 13.0. The lowest BCUT2D eigenvalue weighted by molar-refractivity contribution is -0.128. The predicted octanol–water partition coefficient (Wildman–Crippen LogP) is 0.777. The molecule has 0 spiro atoms. The van der Waals surface area contributed by atoms with Crippen molar-refractivity contribution >= 4 is 17.5 Å². The Morgan fingerprint density at radius 3 is 2.60 bits per heavy atom. The van der Waals surface area contributed by atoms with Crippen LogP contribution in [0.2, 0.25) is 0 Å². The number of hydrogen-bond donors (Lipinski definition) is 4. The van der Waals surface area contributed by atoms with Crippen molar-refractivity contribution in [1.29, 1.82) is 5.26 Å². The maximum absolute atomic E-state index is 13.0. The third kappa shape index (κ3) is 4.50. The van der Waals surface area contributed by atoms with Gasteiger partial charge in [-0.05, 0) is 31.7 Å². The first kappa shape index (κ1) is 21.5. The molecule has 1 amide bonds. The molecule has 0 aliphatic carbocycles. The van der Waals surface area contributed by atoms with E-state index >= 15 is 0 Å². The lowest BCUT2D eigenvalue weighted by atomic mass is 9.86. The molecule has 0 radical (unpaired) electrons. The molecule has 9 nitrogen and oxygen atoms in total. The summed E-state index contributed by atoms with van der Waals surface area (Å²) in [6.07, 6.45) is 2.52. The highest BCUT2D eigenvalue weighted by Gasteiger charge is 2.39.